The Morgan fingerprint density at radius 1 is 1.35 bits per heavy atom. The predicted molar refractivity (Wildman–Crippen MR) is 87.5 cm³/mol. The summed E-state index contributed by atoms with van der Waals surface area (Å²) in [6.45, 7) is 1.69. The van der Waals surface area contributed by atoms with Crippen molar-refractivity contribution in [3.63, 3.8) is 0 Å². The van der Waals surface area contributed by atoms with E-state index < -0.39 is 29.4 Å². The van der Waals surface area contributed by atoms with Crippen LogP contribution >= 0.6 is 0 Å². The van der Waals surface area contributed by atoms with Crippen LogP contribution < -0.4 is 10.6 Å². The van der Waals surface area contributed by atoms with E-state index in [0.29, 0.717) is 17.5 Å². The van der Waals surface area contributed by atoms with Gasteiger partial charge in [-0.3, -0.25) is 14.3 Å². The quantitative estimate of drug-likeness (QED) is 0.877. The number of anilines is 1. The van der Waals surface area contributed by atoms with Crippen LogP contribution in [0.25, 0.3) is 0 Å². The topological polar surface area (TPSA) is 76.0 Å². The van der Waals surface area contributed by atoms with Gasteiger partial charge in [-0.2, -0.15) is 18.3 Å². The first kappa shape index (κ1) is 18.0. The Bertz CT molecular complexity index is 873. The van der Waals surface area contributed by atoms with E-state index in [1.165, 1.54) is 0 Å². The summed E-state index contributed by atoms with van der Waals surface area (Å²) in [5, 5.41) is 8.88. The van der Waals surface area contributed by atoms with Crippen molar-refractivity contribution in [1.82, 2.24) is 15.1 Å². The Labute approximate surface area is 147 Å². The summed E-state index contributed by atoms with van der Waals surface area (Å²) in [6.07, 6.45) is -2.81. The average molecular weight is 366 g/mol. The molecule has 1 atom stereocenters. The molecule has 0 bridgehead atoms. The van der Waals surface area contributed by atoms with E-state index in [-0.39, 0.29) is 5.91 Å². The van der Waals surface area contributed by atoms with Crippen LogP contribution in [0.5, 0.6) is 0 Å². The van der Waals surface area contributed by atoms with Crippen molar-refractivity contribution in [1.29, 1.82) is 0 Å². The molecule has 2 amide bonds. The first-order valence-electron chi connectivity index (χ1n) is 7.99. The van der Waals surface area contributed by atoms with E-state index in [0.717, 1.165) is 30.1 Å². The lowest BCUT2D eigenvalue weighted by molar-refractivity contribution is -0.144. The van der Waals surface area contributed by atoms with Crippen LogP contribution in [0.1, 0.15) is 46.6 Å². The van der Waals surface area contributed by atoms with Crippen LogP contribution in [0.15, 0.2) is 24.4 Å². The molecule has 0 fully saturated rings. The molecular weight excluding hydrogens is 349 g/mol. The van der Waals surface area contributed by atoms with Gasteiger partial charge < -0.3 is 10.6 Å². The number of amides is 2. The van der Waals surface area contributed by atoms with Gasteiger partial charge in [-0.1, -0.05) is 12.1 Å². The van der Waals surface area contributed by atoms with Crippen molar-refractivity contribution in [3.8, 4) is 0 Å². The van der Waals surface area contributed by atoms with Gasteiger partial charge in [0.1, 0.15) is 0 Å². The Morgan fingerprint density at radius 2 is 2.08 bits per heavy atom. The lowest BCUT2D eigenvalue weighted by atomic mass is 9.97. The third-order valence-electron chi connectivity index (χ3n) is 4.32. The maximum Gasteiger partial charge on any atom is 0.433 e. The van der Waals surface area contributed by atoms with Gasteiger partial charge in [-0.05, 0) is 30.5 Å². The number of rotatable bonds is 3. The average Bonchev–Trinajstić information content (AvgIpc) is 2.96. The van der Waals surface area contributed by atoms with E-state index in [1.54, 1.807) is 19.1 Å². The number of carbonyl (C=O) groups is 2. The minimum atomic E-state index is -4.68. The molecule has 0 saturated heterocycles. The zero-order chi connectivity index (χ0) is 19.1. The van der Waals surface area contributed by atoms with Crippen LogP contribution in [0.2, 0.25) is 0 Å². The molecule has 2 heterocycles. The number of nitrogens with zero attached hydrogens (tertiary/aromatic N) is 2. The highest BCUT2D eigenvalue weighted by Crippen LogP contribution is 2.32. The maximum absolute atomic E-state index is 13.1. The SMILES string of the molecule is C[C@@H](NC(=O)c1cnn(C)c1C(F)(F)F)c1ccc2c(c1)CCC(=O)N2. The second kappa shape index (κ2) is 6.47. The summed E-state index contributed by atoms with van der Waals surface area (Å²) < 4.78 is 40.0. The molecule has 26 heavy (non-hydrogen) atoms. The fourth-order valence-electron chi connectivity index (χ4n) is 2.97. The van der Waals surface area contributed by atoms with Crippen LogP contribution in [0.3, 0.4) is 0 Å². The minimum absolute atomic E-state index is 0.0529. The molecule has 1 aliphatic heterocycles. The van der Waals surface area contributed by atoms with E-state index in [9.17, 15) is 22.8 Å². The Morgan fingerprint density at radius 3 is 2.77 bits per heavy atom. The molecule has 0 aliphatic carbocycles. The summed E-state index contributed by atoms with van der Waals surface area (Å²) in [7, 11) is 1.14. The lowest BCUT2D eigenvalue weighted by Crippen LogP contribution is -2.29. The molecule has 0 radical (unpaired) electrons. The molecule has 0 spiro atoms. The van der Waals surface area contributed by atoms with Crippen LogP contribution in [0.4, 0.5) is 18.9 Å². The summed E-state index contributed by atoms with van der Waals surface area (Å²) in [4.78, 5) is 23.7. The molecule has 1 aromatic heterocycles. The summed E-state index contributed by atoms with van der Waals surface area (Å²) in [5.74, 6) is -0.896. The van der Waals surface area contributed by atoms with E-state index in [2.05, 4.69) is 15.7 Å². The van der Waals surface area contributed by atoms with Crippen molar-refractivity contribution in [3.05, 3.63) is 46.8 Å². The number of fused-ring (bicyclic) bond motifs is 1. The van der Waals surface area contributed by atoms with Crippen LogP contribution in [0, 0.1) is 0 Å². The van der Waals surface area contributed by atoms with Crippen molar-refractivity contribution < 1.29 is 22.8 Å². The number of hydrogen-bond donors (Lipinski definition) is 2. The molecule has 0 unspecified atom stereocenters. The third kappa shape index (κ3) is 3.42. The molecule has 138 valence electrons. The Kier molecular flexibility index (Phi) is 4.47. The van der Waals surface area contributed by atoms with Crippen molar-refractivity contribution >= 4 is 17.5 Å². The van der Waals surface area contributed by atoms with Crippen molar-refractivity contribution in [2.45, 2.75) is 32.0 Å². The molecular formula is C17H17F3N4O2. The zero-order valence-corrected chi connectivity index (χ0v) is 14.1. The largest absolute Gasteiger partial charge is 0.433 e. The van der Waals surface area contributed by atoms with Crippen molar-refractivity contribution in [2.75, 3.05) is 5.32 Å². The fraction of sp³-hybridized carbons (Fsp3) is 0.353. The number of nitrogens with one attached hydrogen (secondary N) is 2. The van der Waals surface area contributed by atoms with Gasteiger partial charge >= 0.3 is 6.18 Å². The number of benzene rings is 1. The van der Waals surface area contributed by atoms with Crippen LogP contribution in [-0.4, -0.2) is 21.6 Å². The molecule has 6 nitrogen and oxygen atoms in total. The van der Waals surface area contributed by atoms with Gasteiger partial charge in [0.25, 0.3) is 5.91 Å². The van der Waals surface area contributed by atoms with E-state index in [1.807, 2.05) is 6.07 Å². The monoisotopic (exact) mass is 366 g/mol. The zero-order valence-electron chi connectivity index (χ0n) is 14.1. The second-order valence-electron chi connectivity index (χ2n) is 6.19. The Balaban J connectivity index is 1.80. The lowest BCUT2D eigenvalue weighted by Gasteiger charge is -2.20. The molecule has 2 aromatic rings. The number of aromatic nitrogens is 2. The first-order chi connectivity index (χ1) is 12.2. The highest BCUT2D eigenvalue weighted by atomic mass is 19.4. The van der Waals surface area contributed by atoms with Gasteiger partial charge in [0.2, 0.25) is 5.91 Å². The standard InChI is InChI=1S/C17H17F3N4O2/c1-9(10-3-5-13-11(7-10)4-6-14(25)23-13)22-16(26)12-8-21-24(2)15(12)17(18,19)20/h3,5,7-9H,4,6H2,1-2H3,(H,22,26)(H,23,25)/t9-/m1/s1. The smallest absolute Gasteiger partial charge is 0.345 e. The van der Waals surface area contributed by atoms with Gasteiger partial charge in [0.05, 0.1) is 17.8 Å². The minimum Gasteiger partial charge on any atom is -0.345 e. The number of halogens is 3. The Hall–Kier alpha value is -2.84. The van der Waals surface area contributed by atoms with Gasteiger partial charge in [0, 0.05) is 19.2 Å². The molecule has 9 heteroatoms. The van der Waals surface area contributed by atoms with Gasteiger partial charge in [0.15, 0.2) is 5.69 Å². The molecule has 1 aliphatic rings. The molecule has 2 N–H and O–H groups in total. The first-order valence-corrected chi connectivity index (χ1v) is 7.99. The second-order valence-corrected chi connectivity index (χ2v) is 6.19. The summed E-state index contributed by atoms with van der Waals surface area (Å²) in [6, 6.07) is 4.79. The predicted octanol–water partition coefficient (Wildman–Crippen LogP) is 2.81. The van der Waals surface area contributed by atoms with Crippen LogP contribution in [-0.2, 0) is 24.4 Å². The summed E-state index contributed by atoms with van der Waals surface area (Å²) in [5.41, 5.74) is 0.786. The number of hydrogen-bond acceptors (Lipinski definition) is 3. The number of carbonyl (C=O) groups excluding carboxylic acids is 2. The third-order valence-corrected chi connectivity index (χ3v) is 4.32. The van der Waals surface area contributed by atoms with E-state index in [4.69, 9.17) is 0 Å². The maximum atomic E-state index is 13.1. The van der Waals surface area contributed by atoms with Gasteiger partial charge in [-0.25, -0.2) is 0 Å². The molecule has 3 rings (SSSR count). The highest BCUT2D eigenvalue weighted by molar-refractivity contribution is 5.96. The molecule has 1 aromatic carbocycles. The van der Waals surface area contributed by atoms with E-state index >= 15 is 0 Å². The summed E-state index contributed by atoms with van der Waals surface area (Å²) >= 11 is 0. The van der Waals surface area contributed by atoms with Crippen molar-refractivity contribution in [2.24, 2.45) is 7.05 Å². The number of alkyl halides is 3. The number of aryl methyl sites for hydroxylation is 2. The molecule has 0 saturated carbocycles. The van der Waals surface area contributed by atoms with Gasteiger partial charge in [-0.15, -0.1) is 0 Å². The highest BCUT2D eigenvalue weighted by Gasteiger charge is 2.39. The fourth-order valence-corrected chi connectivity index (χ4v) is 2.97. The normalized spacial score (nSPS) is 15.2.